The second kappa shape index (κ2) is 8.13. The van der Waals surface area contributed by atoms with E-state index in [0.29, 0.717) is 5.69 Å². The molecule has 0 aromatic heterocycles. The summed E-state index contributed by atoms with van der Waals surface area (Å²) in [5, 5.41) is 2.89. The number of carbonyl (C=O) groups is 1. The first kappa shape index (κ1) is 22.5. The summed E-state index contributed by atoms with van der Waals surface area (Å²) in [4.78, 5) is 13.1. The maximum Gasteiger partial charge on any atom is 0.244 e. The summed E-state index contributed by atoms with van der Waals surface area (Å²) < 4.78 is 27.1. The molecule has 1 heterocycles. The normalized spacial score (nSPS) is 17.5. The van der Waals surface area contributed by atoms with Gasteiger partial charge in [0.25, 0.3) is 0 Å². The number of benzene rings is 2. The van der Waals surface area contributed by atoms with E-state index in [1.807, 2.05) is 31.2 Å². The van der Waals surface area contributed by atoms with Crippen LogP contribution in [-0.4, -0.2) is 37.3 Å². The SMILES string of the molecule is Cc1ccc(S(=O)(=O)N2CCC(N)(C(=O)Nc3ccc(C(C)(C)C)cc3)CC2)cc1. The van der Waals surface area contributed by atoms with Gasteiger partial charge in [0.1, 0.15) is 0 Å². The predicted molar refractivity (Wildman–Crippen MR) is 120 cm³/mol. The van der Waals surface area contributed by atoms with Crippen molar-refractivity contribution in [3.8, 4) is 0 Å². The van der Waals surface area contributed by atoms with Gasteiger partial charge in [-0.3, -0.25) is 4.79 Å². The van der Waals surface area contributed by atoms with Crippen LogP contribution in [0.5, 0.6) is 0 Å². The third-order valence-electron chi connectivity index (χ3n) is 5.73. The van der Waals surface area contributed by atoms with Gasteiger partial charge in [-0.2, -0.15) is 4.31 Å². The van der Waals surface area contributed by atoms with Crippen LogP contribution in [0.25, 0.3) is 0 Å². The number of nitrogens with two attached hydrogens (primary N) is 1. The van der Waals surface area contributed by atoms with Gasteiger partial charge >= 0.3 is 0 Å². The van der Waals surface area contributed by atoms with Crippen molar-refractivity contribution in [3.05, 3.63) is 59.7 Å². The molecule has 0 atom stereocenters. The van der Waals surface area contributed by atoms with E-state index >= 15 is 0 Å². The van der Waals surface area contributed by atoms with Gasteiger partial charge < -0.3 is 11.1 Å². The molecule has 30 heavy (non-hydrogen) atoms. The van der Waals surface area contributed by atoms with Gasteiger partial charge in [0, 0.05) is 18.8 Å². The Morgan fingerprint density at radius 3 is 2.03 bits per heavy atom. The number of rotatable bonds is 4. The molecule has 162 valence electrons. The number of anilines is 1. The van der Waals surface area contributed by atoms with Gasteiger partial charge in [0.15, 0.2) is 0 Å². The minimum absolute atomic E-state index is 0.0351. The summed E-state index contributed by atoms with van der Waals surface area (Å²) in [7, 11) is -3.59. The zero-order valence-corrected chi connectivity index (χ0v) is 18.9. The van der Waals surface area contributed by atoms with E-state index in [4.69, 9.17) is 5.73 Å². The number of nitrogens with one attached hydrogen (secondary N) is 1. The monoisotopic (exact) mass is 429 g/mol. The van der Waals surface area contributed by atoms with Gasteiger partial charge in [0.2, 0.25) is 15.9 Å². The fourth-order valence-electron chi connectivity index (χ4n) is 3.52. The molecule has 1 fully saturated rings. The maximum absolute atomic E-state index is 12.9. The van der Waals surface area contributed by atoms with Crippen molar-refractivity contribution in [1.29, 1.82) is 0 Å². The largest absolute Gasteiger partial charge is 0.324 e. The van der Waals surface area contributed by atoms with Gasteiger partial charge in [-0.1, -0.05) is 50.6 Å². The lowest BCUT2D eigenvalue weighted by atomic mass is 9.87. The van der Waals surface area contributed by atoms with E-state index in [1.54, 1.807) is 24.3 Å². The summed E-state index contributed by atoms with van der Waals surface area (Å²) in [5.74, 6) is -0.279. The Morgan fingerprint density at radius 1 is 1.00 bits per heavy atom. The number of hydrogen-bond acceptors (Lipinski definition) is 4. The van der Waals surface area contributed by atoms with Gasteiger partial charge in [-0.15, -0.1) is 0 Å². The van der Waals surface area contributed by atoms with Crippen LogP contribution in [0.1, 0.15) is 44.7 Å². The van der Waals surface area contributed by atoms with Crippen LogP contribution in [0.15, 0.2) is 53.4 Å². The zero-order chi connectivity index (χ0) is 22.2. The third kappa shape index (κ3) is 4.74. The van der Waals surface area contributed by atoms with E-state index < -0.39 is 15.6 Å². The summed E-state index contributed by atoms with van der Waals surface area (Å²) in [6.07, 6.45) is 0.536. The molecule has 2 aromatic rings. The summed E-state index contributed by atoms with van der Waals surface area (Å²) in [6, 6.07) is 14.5. The second-order valence-corrected chi connectivity index (χ2v) is 11.1. The van der Waals surface area contributed by atoms with Crippen LogP contribution in [0.4, 0.5) is 5.69 Å². The van der Waals surface area contributed by atoms with Crippen LogP contribution in [0.2, 0.25) is 0 Å². The van der Waals surface area contributed by atoms with Crippen molar-refractivity contribution in [3.63, 3.8) is 0 Å². The molecule has 0 bridgehead atoms. The molecular weight excluding hydrogens is 398 g/mol. The number of piperidine rings is 1. The van der Waals surface area contributed by atoms with E-state index in [0.717, 1.165) is 5.56 Å². The standard InChI is InChI=1S/C23H31N3O3S/c1-17-5-11-20(12-6-17)30(28,29)26-15-13-23(24,14-16-26)21(27)25-19-9-7-18(8-10-19)22(2,3)4/h5-12H,13-16,24H2,1-4H3,(H,25,27). The minimum Gasteiger partial charge on any atom is -0.324 e. The Balaban J connectivity index is 1.65. The molecule has 0 spiro atoms. The van der Waals surface area contributed by atoms with Crippen LogP contribution in [-0.2, 0) is 20.2 Å². The first-order chi connectivity index (χ1) is 13.9. The minimum atomic E-state index is -3.59. The number of amides is 1. The average molecular weight is 430 g/mol. The highest BCUT2D eigenvalue weighted by Crippen LogP contribution is 2.28. The molecule has 2 aromatic carbocycles. The van der Waals surface area contributed by atoms with Crippen molar-refractivity contribution in [2.45, 2.75) is 56.4 Å². The molecule has 0 saturated carbocycles. The average Bonchev–Trinajstić information content (AvgIpc) is 2.68. The number of carbonyl (C=O) groups excluding carboxylic acids is 1. The fourth-order valence-corrected chi connectivity index (χ4v) is 4.96. The highest BCUT2D eigenvalue weighted by atomic mass is 32.2. The molecule has 1 aliphatic rings. The van der Waals surface area contributed by atoms with Crippen molar-refractivity contribution < 1.29 is 13.2 Å². The van der Waals surface area contributed by atoms with Gasteiger partial charge in [0.05, 0.1) is 10.4 Å². The molecular formula is C23H31N3O3S. The molecule has 0 aliphatic carbocycles. The smallest absolute Gasteiger partial charge is 0.244 e. The number of aryl methyl sites for hydroxylation is 1. The summed E-state index contributed by atoms with van der Waals surface area (Å²) >= 11 is 0. The summed E-state index contributed by atoms with van der Waals surface area (Å²) in [6.45, 7) is 8.73. The molecule has 1 aliphatic heterocycles. The first-order valence-corrected chi connectivity index (χ1v) is 11.6. The Hall–Kier alpha value is -2.22. The van der Waals surface area contributed by atoms with Crippen molar-refractivity contribution >= 4 is 21.6 Å². The predicted octanol–water partition coefficient (Wildman–Crippen LogP) is 3.41. The highest BCUT2D eigenvalue weighted by molar-refractivity contribution is 7.89. The van der Waals surface area contributed by atoms with E-state index in [2.05, 4.69) is 26.1 Å². The molecule has 1 amide bonds. The lowest BCUT2D eigenvalue weighted by Gasteiger charge is -2.37. The van der Waals surface area contributed by atoms with Crippen molar-refractivity contribution in [2.24, 2.45) is 5.73 Å². The van der Waals surface area contributed by atoms with Crippen LogP contribution < -0.4 is 11.1 Å². The Morgan fingerprint density at radius 2 is 1.53 bits per heavy atom. The summed E-state index contributed by atoms with van der Waals surface area (Å²) in [5.41, 5.74) is 8.19. The molecule has 3 N–H and O–H groups in total. The lowest BCUT2D eigenvalue weighted by molar-refractivity contribution is -0.122. The fraction of sp³-hybridized carbons (Fsp3) is 0.435. The number of sulfonamides is 1. The molecule has 0 radical (unpaired) electrons. The van der Waals surface area contributed by atoms with Crippen molar-refractivity contribution in [2.75, 3.05) is 18.4 Å². The van der Waals surface area contributed by atoms with Crippen LogP contribution >= 0.6 is 0 Å². The van der Waals surface area contributed by atoms with Crippen LogP contribution in [0.3, 0.4) is 0 Å². The first-order valence-electron chi connectivity index (χ1n) is 10.2. The van der Waals surface area contributed by atoms with Gasteiger partial charge in [-0.25, -0.2) is 8.42 Å². The molecule has 7 heteroatoms. The van der Waals surface area contributed by atoms with E-state index in [1.165, 1.54) is 9.87 Å². The Bertz CT molecular complexity index is 999. The second-order valence-electron chi connectivity index (χ2n) is 9.15. The molecule has 0 unspecified atom stereocenters. The molecule has 6 nitrogen and oxygen atoms in total. The molecule has 1 saturated heterocycles. The Labute approximate surface area is 179 Å². The Kier molecular flexibility index (Phi) is 6.09. The van der Waals surface area contributed by atoms with E-state index in [9.17, 15) is 13.2 Å². The number of hydrogen-bond donors (Lipinski definition) is 2. The maximum atomic E-state index is 12.9. The quantitative estimate of drug-likeness (QED) is 0.779. The topological polar surface area (TPSA) is 92.5 Å². The zero-order valence-electron chi connectivity index (χ0n) is 18.1. The van der Waals surface area contributed by atoms with Gasteiger partial charge in [-0.05, 0) is 55.0 Å². The third-order valence-corrected chi connectivity index (χ3v) is 7.65. The molecule has 3 rings (SSSR count). The number of nitrogens with zero attached hydrogens (tertiary/aromatic N) is 1. The van der Waals surface area contributed by atoms with Crippen molar-refractivity contribution in [1.82, 2.24) is 4.31 Å². The van der Waals surface area contributed by atoms with Crippen LogP contribution in [0, 0.1) is 6.92 Å². The highest BCUT2D eigenvalue weighted by Gasteiger charge is 2.41. The van der Waals surface area contributed by atoms with E-state index in [-0.39, 0.29) is 42.1 Å². The lowest BCUT2D eigenvalue weighted by Crippen LogP contribution is -2.58.